The van der Waals surface area contributed by atoms with Gasteiger partial charge in [0.2, 0.25) is 11.8 Å². The molecule has 0 bridgehead atoms. The van der Waals surface area contributed by atoms with E-state index in [2.05, 4.69) is 10.6 Å². The van der Waals surface area contributed by atoms with Crippen molar-refractivity contribution >= 4 is 11.8 Å². The summed E-state index contributed by atoms with van der Waals surface area (Å²) in [5.41, 5.74) is 1.08. The molecule has 0 aromatic heterocycles. The van der Waals surface area contributed by atoms with Crippen molar-refractivity contribution in [1.29, 1.82) is 0 Å². The van der Waals surface area contributed by atoms with E-state index in [9.17, 15) is 9.59 Å². The zero-order valence-electron chi connectivity index (χ0n) is 11.8. The molecule has 1 aliphatic rings. The minimum atomic E-state index is -0.311. The number of hydrogen-bond acceptors (Lipinski definition) is 4. The van der Waals surface area contributed by atoms with Crippen molar-refractivity contribution in [2.75, 3.05) is 6.61 Å². The van der Waals surface area contributed by atoms with Crippen LogP contribution in [0.15, 0.2) is 24.3 Å². The fourth-order valence-electron chi connectivity index (χ4n) is 2.27. The molecule has 5 nitrogen and oxygen atoms in total. The van der Waals surface area contributed by atoms with Crippen molar-refractivity contribution in [3.05, 3.63) is 29.8 Å². The minimum absolute atomic E-state index is 0.0367. The van der Waals surface area contributed by atoms with Gasteiger partial charge in [0, 0.05) is 12.5 Å². The molecule has 0 saturated carbocycles. The Morgan fingerprint density at radius 2 is 2.05 bits per heavy atom. The van der Waals surface area contributed by atoms with E-state index < -0.39 is 0 Å². The second kappa shape index (κ2) is 6.52. The third kappa shape index (κ3) is 3.57. The summed E-state index contributed by atoms with van der Waals surface area (Å²) in [6.45, 7) is 4.59. The lowest BCUT2D eigenvalue weighted by Crippen LogP contribution is -2.51. The third-order valence-electron chi connectivity index (χ3n) is 3.38. The number of nitrogens with one attached hydrogen (secondary N) is 2. The van der Waals surface area contributed by atoms with Gasteiger partial charge in [0.1, 0.15) is 5.75 Å². The number of hydrogen-bond donors (Lipinski definition) is 2. The average molecular weight is 276 g/mol. The quantitative estimate of drug-likeness (QED) is 0.801. The van der Waals surface area contributed by atoms with Crippen molar-refractivity contribution in [1.82, 2.24) is 10.6 Å². The van der Waals surface area contributed by atoms with E-state index >= 15 is 0 Å². The first kappa shape index (κ1) is 14.5. The lowest BCUT2D eigenvalue weighted by atomic mass is 10.0. The predicted molar refractivity (Wildman–Crippen MR) is 75.3 cm³/mol. The van der Waals surface area contributed by atoms with E-state index in [1.54, 1.807) is 0 Å². The SMILES string of the molecule is CCOc1ccc(C(C)NC2CCC(=O)NC2=O)cc1. The second-order valence-corrected chi connectivity index (χ2v) is 4.89. The molecule has 2 amide bonds. The van der Waals surface area contributed by atoms with E-state index in [0.29, 0.717) is 19.4 Å². The van der Waals surface area contributed by atoms with Crippen LogP contribution in [0.1, 0.15) is 38.3 Å². The van der Waals surface area contributed by atoms with Gasteiger partial charge in [0.15, 0.2) is 0 Å². The zero-order chi connectivity index (χ0) is 14.5. The summed E-state index contributed by atoms with van der Waals surface area (Å²) < 4.78 is 5.40. The Kier molecular flexibility index (Phi) is 4.74. The van der Waals surface area contributed by atoms with Crippen LogP contribution < -0.4 is 15.4 Å². The molecule has 1 aromatic carbocycles. The van der Waals surface area contributed by atoms with Crippen molar-refractivity contribution in [2.45, 2.75) is 38.8 Å². The zero-order valence-corrected chi connectivity index (χ0v) is 11.8. The van der Waals surface area contributed by atoms with Gasteiger partial charge in [-0.1, -0.05) is 12.1 Å². The Bertz CT molecular complexity index is 484. The maximum absolute atomic E-state index is 11.7. The van der Waals surface area contributed by atoms with Gasteiger partial charge in [-0.3, -0.25) is 20.2 Å². The standard InChI is InChI=1S/C15H20N2O3/c1-3-20-12-6-4-11(5-7-12)10(2)16-13-8-9-14(18)17-15(13)19/h4-7,10,13,16H,3,8-9H2,1-2H3,(H,17,18,19). The van der Waals surface area contributed by atoms with Crippen LogP contribution in [-0.4, -0.2) is 24.5 Å². The van der Waals surface area contributed by atoms with Gasteiger partial charge < -0.3 is 4.74 Å². The first-order chi connectivity index (χ1) is 9.60. The smallest absolute Gasteiger partial charge is 0.243 e. The third-order valence-corrected chi connectivity index (χ3v) is 3.38. The van der Waals surface area contributed by atoms with E-state index in [1.807, 2.05) is 38.1 Å². The fraction of sp³-hybridized carbons (Fsp3) is 0.467. The van der Waals surface area contributed by atoms with Crippen molar-refractivity contribution in [3.63, 3.8) is 0 Å². The van der Waals surface area contributed by atoms with Gasteiger partial charge in [-0.25, -0.2) is 0 Å². The molecule has 1 aromatic rings. The van der Waals surface area contributed by atoms with Crippen LogP contribution in [-0.2, 0) is 9.59 Å². The molecular formula is C15H20N2O3. The molecule has 1 saturated heterocycles. The molecule has 108 valence electrons. The summed E-state index contributed by atoms with van der Waals surface area (Å²) in [6.07, 6.45) is 0.936. The van der Waals surface area contributed by atoms with Crippen molar-refractivity contribution in [3.8, 4) is 5.75 Å². The number of carbonyl (C=O) groups excluding carboxylic acids is 2. The molecule has 2 unspecified atom stereocenters. The Labute approximate surface area is 118 Å². The Hall–Kier alpha value is -1.88. The largest absolute Gasteiger partial charge is 0.494 e. The molecule has 0 aliphatic carbocycles. The molecule has 5 heteroatoms. The van der Waals surface area contributed by atoms with Crippen molar-refractivity contribution in [2.24, 2.45) is 0 Å². The lowest BCUT2D eigenvalue weighted by Gasteiger charge is -2.25. The number of rotatable bonds is 5. The number of piperidine rings is 1. The number of imide groups is 1. The molecular weight excluding hydrogens is 256 g/mol. The summed E-state index contributed by atoms with van der Waals surface area (Å²) >= 11 is 0. The molecule has 1 aliphatic heterocycles. The first-order valence-corrected chi connectivity index (χ1v) is 6.92. The molecule has 2 atom stereocenters. The molecule has 0 spiro atoms. The molecule has 2 N–H and O–H groups in total. The highest BCUT2D eigenvalue weighted by Crippen LogP contribution is 2.19. The Morgan fingerprint density at radius 3 is 2.65 bits per heavy atom. The van der Waals surface area contributed by atoms with Crippen LogP contribution in [0.2, 0.25) is 0 Å². The van der Waals surface area contributed by atoms with Gasteiger partial charge in [-0.15, -0.1) is 0 Å². The van der Waals surface area contributed by atoms with Gasteiger partial charge in [0.25, 0.3) is 0 Å². The van der Waals surface area contributed by atoms with Crippen LogP contribution in [0.3, 0.4) is 0 Å². The number of carbonyl (C=O) groups is 2. The van der Waals surface area contributed by atoms with Crippen LogP contribution in [0.4, 0.5) is 0 Å². The minimum Gasteiger partial charge on any atom is -0.494 e. The lowest BCUT2D eigenvalue weighted by molar-refractivity contribution is -0.134. The van der Waals surface area contributed by atoms with Crippen LogP contribution in [0, 0.1) is 0 Å². The average Bonchev–Trinajstić information content (AvgIpc) is 2.43. The van der Waals surface area contributed by atoms with E-state index in [-0.39, 0.29) is 23.9 Å². The predicted octanol–water partition coefficient (Wildman–Crippen LogP) is 1.54. The summed E-state index contributed by atoms with van der Waals surface area (Å²) in [5, 5.41) is 5.60. The monoisotopic (exact) mass is 276 g/mol. The summed E-state index contributed by atoms with van der Waals surface area (Å²) in [4.78, 5) is 22.8. The van der Waals surface area contributed by atoms with Gasteiger partial charge in [-0.2, -0.15) is 0 Å². The number of ether oxygens (including phenoxy) is 1. The molecule has 2 rings (SSSR count). The highest BCUT2D eigenvalue weighted by molar-refractivity contribution is 6.00. The number of benzene rings is 1. The van der Waals surface area contributed by atoms with E-state index in [4.69, 9.17) is 4.74 Å². The Balaban J connectivity index is 1.95. The maximum atomic E-state index is 11.7. The first-order valence-electron chi connectivity index (χ1n) is 6.92. The highest BCUT2D eigenvalue weighted by atomic mass is 16.5. The maximum Gasteiger partial charge on any atom is 0.243 e. The van der Waals surface area contributed by atoms with Crippen LogP contribution in [0.5, 0.6) is 5.75 Å². The Morgan fingerprint density at radius 1 is 1.35 bits per heavy atom. The van der Waals surface area contributed by atoms with E-state index in [0.717, 1.165) is 11.3 Å². The van der Waals surface area contributed by atoms with Gasteiger partial charge >= 0.3 is 0 Å². The number of amides is 2. The summed E-state index contributed by atoms with van der Waals surface area (Å²) in [6, 6.07) is 7.52. The normalized spacial score (nSPS) is 20.4. The van der Waals surface area contributed by atoms with E-state index in [1.165, 1.54) is 0 Å². The fourth-order valence-corrected chi connectivity index (χ4v) is 2.27. The van der Waals surface area contributed by atoms with Crippen LogP contribution >= 0.6 is 0 Å². The molecule has 20 heavy (non-hydrogen) atoms. The van der Waals surface area contributed by atoms with Gasteiger partial charge in [-0.05, 0) is 38.0 Å². The summed E-state index contributed by atoms with van der Waals surface area (Å²) in [7, 11) is 0. The topological polar surface area (TPSA) is 67.4 Å². The van der Waals surface area contributed by atoms with Gasteiger partial charge in [0.05, 0.1) is 12.6 Å². The van der Waals surface area contributed by atoms with Crippen LogP contribution in [0.25, 0.3) is 0 Å². The second-order valence-electron chi connectivity index (χ2n) is 4.89. The molecule has 1 fully saturated rings. The summed E-state index contributed by atoms with van der Waals surface area (Å²) in [5.74, 6) is 0.408. The van der Waals surface area contributed by atoms with Crippen molar-refractivity contribution < 1.29 is 14.3 Å². The highest BCUT2D eigenvalue weighted by Gasteiger charge is 2.27. The molecule has 0 radical (unpaired) electrons. The molecule has 1 heterocycles.